The van der Waals surface area contributed by atoms with Crippen molar-refractivity contribution in [3.63, 3.8) is 0 Å². The number of anilines is 3. The summed E-state index contributed by atoms with van der Waals surface area (Å²) in [5.74, 6) is 0.0905. The maximum absolute atomic E-state index is 11.7. The van der Waals surface area contributed by atoms with E-state index in [1.807, 2.05) is 12.1 Å². The van der Waals surface area contributed by atoms with E-state index in [1.165, 1.54) is 11.1 Å². The quantitative estimate of drug-likeness (QED) is 0.176. The van der Waals surface area contributed by atoms with E-state index < -0.39 is 5.97 Å². The number of hydrogen-bond donors (Lipinski definition) is 0. The lowest BCUT2D eigenvalue weighted by Crippen LogP contribution is -2.09. The van der Waals surface area contributed by atoms with Crippen LogP contribution in [-0.4, -0.2) is 5.97 Å². The fourth-order valence-electron chi connectivity index (χ4n) is 3.55. The van der Waals surface area contributed by atoms with Gasteiger partial charge in [-0.2, -0.15) is 0 Å². The van der Waals surface area contributed by atoms with Gasteiger partial charge in [-0.05, 0) is 80.4 Å². The molecular formula is C30H27NO2. The molecule has 4 rings (SSSR count). The lowest BCUT2D eigenvalue weighted by atomic mass is 10.0. The van der Waals surface area contributed by atoms with Crippen LogP contribution in [0.15, 0.2) is 109 Å². The van der Waals surface area contributed by atoms with Crippen molar-refractivity contribution in [2.45, 2.75) is 20.8 Å². The first-order chi connectivity index (χ1) is 15.9. The highest BCUT2D eigenvalue weighted by atomic mass is 16.5. The number of carbonyl (C=O) groups excluding carboxylic acids is 1. The van der Waals surface area contributed by atoms with Crippen LogP contribution in [0.4, 0.5) is 17.1 Å². The lowest BCUT2D eigenvalue weighted by molar-refractivity contribution is -0.130. The summed E-state index contributed by atoms with van der Waals surface area (Å²) in [6.45, 7) is 9.44. The van der Waals surface area contributed by atoms with Crippen LogP contribution in [0.3, 0.4) is 0 Å². The van der Waals surface area contributed by atoms with Crippen molar-refractivity contribution >= 4 is 23.0 Å². The van der Waals surface area contributed by atoms with E-state index in [0.717, 1.165) is 28.2 Å². The van der Waals surface area contributed by atoms with Crippen molar-refractivity contribution in [2.24, 2.45) is 0 Å². The van der Waals surface area contributed by atoms with Crippen LogP contribution in [0.1, 0.15) is 18.1 Å². The molecule has 0 aliphatic rings. The molecule has 0 atom stereocenters. The van der Waals surface area contributed by atoms with E-state index >= 15 is 0 Å². The third-order valence-electron chi connectivity index (χ3n) is 5.46. The zero-order valence-corrected chi connectivity index (χ0v) is 19.2. The summed E-state index contributed by atoms with van der Waals surface area (Å²) in [6, 6.07) is 33.1. The molecule has 0 bridgehead atoms. The summed E-state index contributed by atoms with van der Waals surface area (Å²) in [4.78, 5) is 14.0. The van der Waals surface area contributed by atoms with E-state index in [-0.39, 0.29) is 0 Å². The molecular weight excluding hydrogens is 406 g/mol. The molecule has 0 unspecified atom stereocenters. The number of benzene rings is 4. The summed E-state index contributed by atoms with van der Waals surface area (Å²) >= 11 is 0. The molecule has 4 aromatic carbocycles. The van der Waals surface area contributed by atoms with Crippen LogP contribution >= 0.6 is 0 Å². The molecule has 0 heterocycles. The number of nitrogens with zero attached hydrogens (tertiary/aromatic N) is 1. The first kappa shape index (κ1) is 22.1. The SMILES string of the molecule is C=C(C)C(=O)Oc1ccc(-c2ccc(N(c3ccc(C)cc3)c3ccc(C)cc3)cc2)cc1. The predicted molar refractivity (Wildman–Crippen MR) is 136 cm³/mol. The number of rotatable bonds is 6. The van der Waals surface area contributed by atoms with Gasteiger partial charge in [0, 0.05) is 22.6 Å². The van der Waals surface area contributed by atoms with E-state index in [4.69, 9.17) is 4.74 Å². The van der Waals surface area contributed by atoms with Gasteiger partial charge >= 0.3 is 5.97 Å². The van der Waals surface area contributed by atoms with Crippen molar-refractivity contribution in [3.05, 3.63) is 120 Å². The first-order valence-corrected chi connectivity index (χ1v) is 10.9. The first-order valence-electron chi connectivity index (χ1n) is 10.9. The van der Waals surface area contributed by atoms with Crippen LogP contribution in [-0.2, 0) is 4.79 Å². The van der Waals surface area contributed by atoms with Gasteiger partial charge in [0.15, 0.2) is 0 Å². The molecule has 0 saturated carbocycles. The molecule has 0 saturated heterocycles. The molecule has 0 amide bonds. The van der Waals surface area contributed by atoms with Crippen molar-refractivity contribution < 1.29 is 9.53 Å². The van der Waals surface area contributed by atoms with Crippen LogP contribution in [0.2, 0.25) is 0 Å². The highest BCUT2D eigenvalue weighted by Crippen LogP contribution is 2.36. The van der Waals surface area contributed by atoms with E-state index in [1.54, 1.807) is 19.1 Å². The second-order valence-electron chi connectivity index (χ2n) is 8.25. The van der Waals surface area contributed by atoms with E-state index in [0.29, 0.717) is 11.3 Å². The van der Waals surface area contributed by atoms with Gasteiger partial charge in [0.1, 0.15) is 5.75 Å². The summed E-state index contributed by atoms with van der Waals surface area (Å²) in [5.41, 5.74) is 8.28. The molecule has 33 heavy (non-hydrogen) atoms. The molecule has 0 spiro atoms. The van der Waals surface area contributed by atoms with Gasteiger partial charge in [0.05, 0.1) is 0 Å². The summed E-state index contributed by atoms with van der Waals surface area (Å²) in [7, 11) is 0. The largest absolute Gasteiger partial charge is 0.423 e. The Hall–Kier alpha value is -4.11. The maximum atomic E-state index is 11.7. The van der Waals surface area contributed by atoms with Crippen LogP contribution in [0, 0.1) is 13.8 Å². The molecule has 3 nitrogen and oxygen atoms in total. The van der Waals surface area contributed by atoms with Crippen molar-refractivity contribution in [2.75, 3.05) is 4.90 Å². The molecule has 0 fully saturated rings. The molecule has 0 aromatic heterocycles. The zero-order valence-electron chi connectivity index (χ0n) is 19.2. The van der Waals surface area contributed by atoms with Gasteiger partial charge in [-0.3, -0.25) is 0 Å². The Morgan fingerprint density at radius 2 is 1.00 bits per heavy atom. The number of esters is 1. The Kier molecular flexibility index (Phi) is 6.41. The van der Waals surface area contributed by atoms with Crippen molar-refractivity contribution in [3.8, 4) is 16.9 Å². The highest BCUT2D eigenvalue weighted by molar-refractivity contribution is 5.88. The third kappa shape index (κ3) is 5.21. The number of carbonyl (C=O) groups is 1. The van der Waals surface area contributed by atoms with Crippen LogP contribution in [0.25, 0.3) is 11.1 Å². The summed E-state index contributed by atoms with van der Waals surface area (Å²) < 4.78 is 5.29. The number of hydrogen-bond acceptors (Lipinski definition) is 3. The van der Waals surface area contributed by atoms with Crippen molar-refractivity contribution in [1.82, 2.24) is 0 Å². The van der Waals surface area contributed by atoms with E-state index in [9.17, 15) is 4.79 Å². The zero-order chi connectivity index (χ0) is 23.4. The Bertz CT molecular complexity index is 1210. The Morgan fingerprint density at radius 3 is 1.39 bits per heavy atom. The minimum absolute atomic E-state index is 0.376. The van der Waals surface area contributed by atoms with Crippen LogP contribution < -0.4 is 9.64 Å². The minimum atomic E-state index is -0.417. The smallest absolute Gasteiger partial charge is 0.338 e. The topological polar surface area (TPSA) is 29.5 Å². The van der Waals surface area contributed by atoms with Gasteiger partial charge in [-0.1, -0.05) is 66.2 Å². The van der Waals surface area contributed by atoms with Gasteiger partial charge in [0.2, 0.25) is 0 Å². The molecule has 164 valence electrons. The number of aryl methyl sites for hydroxylation is 2. The maximum Gasteiger partial charge on any atom is 0.338 e. The fraction of sp³-hybridized carbons (Fsp3) is 0.100. The highest BCUT2D eigenvalue weighted by Gasteiger charge is 2.13. The second-order valence-corrected chi connectivity index (χ2v) is 8.25. The van der Waals surface area contributed by atoms with Gasteiger partial charge in [-0.25, -0.2) is 4.79 Å². The normalized spacial score (nSPS) is 10.5. The third-order valence-corrected chi connectivity index (χ3v) is 5.46. The molecule has 0 radical (unpaired) electrons. The standard InChI is InChI=1S/C30H27NO2/c1-21(2)30(32)33-29-19-11-25(12-20-29)24-9-17-28(18-10-24)31(26-13-5-22(3)6-14-26)27-15-7-23(4)8-16-27/h5-20H,1H2,2-4H3. The monoisotopic (exact) mass is 433 g/mol. The molecule has 4 aromatic rings. The second kappa shape index (κ2) is 9.58. The van der Waals surface area contributed by atoms with Gasteiger partial charge in [0.25, 0.3) is 0 Å². The fourth-order valence-corrected chi connectivity index (χ4v) is 3.55. The molecule has 0 N–H and O–H groups in total. The average Bonchev–Trinajstić information content (AvgIpc) is 2.82. The number of ether oxygens (including phenoxy) is 1. The molecule has 3 heteroatoms. The molecule has 0 aliphatic carbocycles. The minimum Gasteiger partial charge on any atom is -0.423 e. The van der Waals surface area contributed by atoms with Crippen LogP contribution in [0.5, 0.6) is 5.75 Å². The predicted octanol–water partition coefficient (Wildman–Crippen LogP) is 7.92. The van der Waals surface area contributed by atoms with Gasteiger partial charge in [-0.15, -0.1) is 0 Å². The lowest BCUT2D eigenvalue weighted by Gasteiger charge is -2.26. The van der Waals surface area contributed by atoms with E-state index in [2.05, 4.69) is 98.1 Å². The average molecular weight is 434 g/mol. The Morgan fingerprint density at radius 1 is 0.636 bits per heavy atom. The summed E-state index contributed by atoms with van der Waals surface area (Å²) in [5, 5.41) is 0. The molecule has 0 aliphatic heterocycles. The van der Waals surface area contributed by atoms with Crippen molar-refractivity contribution in [1.29, 1.82) is 0 Å². The Labute approximate surface area is 195 Å². The Balaban J connectivity index is 1.62. The van der Waals surface area contributed by atoms with Gasteiger partial charge < -0.3 is 9.64 Å². The summed E-state index contributed by atoms with van der Waals surface area (Å²) in [6.07, 6.45) is 0.